The molecule has 0 aromatic heterocycles. The first-order valence-electron chi connectivity index (χ1n) is 7.40. The number of halogens is 1. The van der Waals surface area contributed by atoms with Crippen LogP contribution < -0.4 is 5.32 Å². The van der Waals surface area contributed by atoms with Crippen molar-refractivity contribution >= 4 is 5.91 Å². The van der Waals surface area contributed by atoms with Crippen LogP contribution in [0.15, 0.2) is 24.3 Å². The summed E-state index contributed by atoms with van der Waals surface area (Å²) in [4.78, 5) is 14.1. The summed E-state index contributed by atoms with van der Waals surface area (Å²) in [5, 5.41) is 3.36. The van der Waals surface area contributed by atoms with Gasteiger partial charge in [-0.25, -0.2) is 4.39 Å². The van der Waals surface area contributed by atoms with Crippen LogP contribution in [0.1, 0.15) is 44.7 Å². The second-order valence-corrected chi connectivity index (χ2v) is 5.39. The van der Waals surface area contributed by atoms with Gasteiger partial charge >= 0.3 is 0 Å². The molecule has 1 aromatic carbocycles. The molecule has 0 radical (unpaired) electrons. The van der Waals surface area contributed by atoms with Gasteiger partial charge < -0.3 is 10.2 Å². The van der Waals surface area contributed by atoms with Crippen molar-refractivity contribution in [3.8, 4) is 0 Å². The Labute approximate surface area is 120 Å². The van der Waals surface area contributed by atoms with Crippen molar-refractivity contribution in [2.24, 2.45) is 0 Å². The zero-order valence-electron chi connectivity index (χ0n) is 12.2. The molecule has 2 rings (SSSR count). The maximum Gasteiger partial charge on any atom is 0.224 e. The molecule has 20 heavy (non-hydrogen) atoms. The first kappa shape index (κ1) is 15.0. The highest BCUT2D eigenvalue weighted by Gasteiger charge is 2.22. The highest BCUT2D eigenvalue weighted by molar-refractivity contribution is 5.76. The van der Waals surface area contributed by atoms with Crippen molar-refractivity contribution in [2.45, 2.75) is 45.2 Å². The molecule has 1 aliphatic rings. The van der Waals surface area contributed by atoms with Crippen molar-refractivity contribution in [2.75, 3.05) is 13.1 Å². The van der Waals surface area contributed by atoms with Gasteiger partial charge in [0.1, 0.15) is 5.82 Å². The summed E-state index contributed by atoms with van der Waals surface area (Å²) in [5.74, 6) is -0.0959. The van der Waals surface area contributed by atoms with Gasteiger partial charge in [0.15, 0.2) is 0 Å². The van der Waals surface area contributed by atoms with Crippen molar-refractivity contribution in [3.05, 3.63) is 35.6 Å². The summed E-state index contributed by atoms with van der Waals surface area (Å²) in [5.41, 5.74) is 0.969. The predicted molar refractivity (Wildman–Crippen MR) is 77.8 cm³/mol. The Morgan fingerprint density at radius 3 is 2.60 bits per heavy atom. The second kappa shape index (κ2) is 6.84. The molecule has 1 aliphatic carbocycles. The Morgan fingerprint density at radius 2 is 2.05 bits per heavy atom. The number of nitrogens with zero attached hydrogens (tertiary/aromatic N) is 1. The lowest BCUT2D eigenvalue weighted by Crippen LogP contribution is -2.35. The topological polar surface area (TPSA) is 32.3 Å². The van der Waals surface area contributed by atoms with E-state index in [0.29, 0.717) is 19.0 Å². The third kappa shape index (κ3) is 4.04. The smallest absolute Gasteiger partial charge is 0.224 e. The van der Waals surface area contributed by atoms with Crippen LogP contribution in [0.25, 0.3) is 0 Å². The van der Waals surface area contributed by atoms with Gasteiger partial charge in [0.05, 0.1) is 6.04 Å². The van der Waals surface area contributed by atoms with Crippen LogP contribution in [0, 0.1) is 5.82 Å². The molecule has 4 heteroatoms. The maximum atomic E-state index is 13.0. The molecule has 0 saturated heterocycles. The van der Waals surface area contributed by atoms with Crippen molar-refractivity contribution in [1.29, 1.82) is 0 Å². The van der Waals surface area contributed by atoms with E-state index in [1.807, 2.05) is 18.7 Å². The molecule has 1 unspecified atom stereocenters. The highest BCUT2D eigenvalue weighted by Crippen LogP contribution is 2.21. The lowest BCUT2D eigenvalue weighted by atomic mass is 10.1. The van der Waals surface area contributed by atoms with E-state index in [0.717, 1.165) is 12.1 Å². The van der Waals surface area contributed by atoms with Crippen LogP contribution in [0.2, 0.25) is 0 Å². The first-order valence-corrected chi connectivity index (χ1v) is 7.40. The lowest BCUT2D eigenvalue weighted by molar-refractivity contribution is -0.133. The van der Waals surface area contributed by atoms with Crippen LogP contribution in [0.3, 0.4) is 0 Å². The maximum absolute atomic E-state index is 13.0. The average Bonchev–Trinajstić information content (AvgIpc) is 3.24. The molecule has 110 valence electrons. The lowest BCUT2D eigenvalue weighted by Gasteiger charge is -2.28. The normalized spacial score (nSPS) is 15.9. The third-order valence-electron chi connectivity index (χ3n) is 3.83. The van der Waals surface area contributed by atoms with E-state index < -0.39 is 0 Å². The van der Waals surface area contributed by atoms with Gasteiger partial charge in [-0.3, -0.25) is 4.79 Å². The summed E-state index contributed by atoms with van der Waals surface area (Å²) in [6.45, 7) is 5.38. The fourth-order valence-electron chi connectivity index (χ4n) is 2.40. The van der Waals surface area contributed by atoms with Gasteiger partial charge in [-0.2, -0.15) is 0 Å². The van der Waals surface area contributed by atoms with Crippen molar-refractivity contribution in [1.82, 2.24) is 10.2 Å². The fourth-order valence-corrected chi connectivity index (χ4v) is 2.40. The zero-order chi connectivity index (χ0) is 14.5. The van der Waals surface area contributed by atoms with Crippen LogP contribution in [0.5, 0.6) is 0 Å². The number of nitrogens with one attached hydrogen (secondary N) is 1. The van der Waals surface area contributed by atoms with E-state index in [9.17, 15) is 9.18 Å². The van der Waals surface area contributed by atoms with E-state index in [-0.39, 0.29) is 17.8 Å². The molecule has 1 N–H and O–H groups in total. The summed E-state index contributed by atoms with van der Waals surface area (Å²) >= 11 is 0. The molecule has 1 fully saturated rings. The minimum Gasteiger partial charge on any atom is -0.336 e. The Hall–Kier alpha value is -1.42. The van der Waals surface area contributed by atoms with E-state index in [2.05, 4.69) is 5.32 Å². The molecule has 1 saturated carbocycles. The summed E-state index contributed by atoms with van der Waals surface area (Å²) in [6, 6.07) is 7.00. The monoisotopic (exact) mass is 278 g/mol. The van der Waals surface area contributed by atoms with Crippen LogP contribution in [-0.2, 0) is 4.79 Å². The Morgan fingerprint density at radius 1 is 1.40 bits per heavy atom. The van der Waals surface area contributed by atoms with Gasteiger partial charge in [0.2, 0.25) is 5.91 Å². The first-order chi connectivity index (χ1) is 9.61. The largest absolute Gasteiger partial charge is 0.336 e. The van der Waals surface area contributed by atoms with Crippen molar-refractivity contribution in [3.63, 3.8) is 0 Å². The molecule has 1 aromatic rings. The highest BCUT2D eigenvalue weighted by atomic mass is 19.1. The number of carbonyl (C=O) groups excluding carboxylic acids is 1. The molecule has 1 atom stereocenters. The van der Waals surface area contributed by atoms with Gasteiger partial charge in [0.25, 0.3) is 0 Å². The fraction of sp³-hybridized carbons (Fsp3) is 0.562. The number of rotatable bonds is 7. The zero-order valence-corrected chi connectivity index (χ0v) is 12.2. The SMILES string of the molecule is CCN(C(=O)CCNC1CC1)C(C)c1ccc(F)cc1. The molecular weight excluding hydrogens is 255 g/mol. The molecule has 0 heterocycles. The van der Waals surface area contributed by atoms with Gasteiger partial charge in [-0.05, 0) is 44.4 Å². The number of benzene rings is 1. The minimum atomic E-state index is -0.246. The molecule has 3 nitrogen and oxygen atoms in total. The van der Waals surface area contributed by atoms with Gasteiger partial charge in [-0.1, -0.05) is 12.1 Å². The predicted octanol–water partition coefficient (Wildman–Crippen LogP) is 2.88. The van der Waals surface area contributed by atoms with Gasteiger partial charge in [-0.15, -0.1) is 0 Å². The Kier molecular flexibility index (Phi) is 5.12. The average molecular weight is 278 g/mol. The quantitative estimate of drug-likeness (QED) is 0.832. The third-order valence-corrected chi connectivity index (χ3v) is 3.83. The van der Waals surface area contributed by atoms with E-state index in [1.54, 1.807) is 12.1 Å². The van der Waals surface area contributed by atoms with Crippen molar-refractivity contribution < 1.29 is 9.18 Å². The number of hydrogen-bond acceptors (Lipinski definition) is 2. The summed E-state index contributed by atoms with van der Waals surface area (Å²) < 4.78 is 13.0. The molecule has 0 aliphatic heterocycles. The number of amides is 1. The Bertz CT molecular complexity index is 442. The molecule has 0 spiro atoms. The standard InChI is InChI=1S/C16H23FN2O/c1-3-19(16(20)10-11-18-15-8-9-15)12(2)13-4-6-14(17)7-5-13/h4-7,12,15,18H,3,8-11H2,1-2H3. The van der Waals surface area contributed by atoms with E-state index >= 15 is 0 Å². The molecule has 1 amide bonds. The summed E-state index contributed by atoms with van der Waals surface area (Å²) in [7, 11) is 0. The molecule has 0 bridgehead atoms. The van der Waals surface area contributed by atoms with Crippen LogP contribution >= 0.6 is 0 Å². The van der Waals surface area contributed by atoms with E-state index in [4.69, 9.17) is 0 Å². The second-order valence-electron chi connectivity index (χ2n) is 5.39. The van der Waals surface area contributed by atoms with Crippen LogP contribution in [0.4, 0.5) is 4.39 Å². The van der Waals surface area contributed by atoms with Gasteiger partial charge in [0, 0.05) is 25.6 Å². The van der Waals surface area contributed by atoms with Crippen LogP contribution in [-0.4, -0.2) is 29.9 Å². The molecular formula is C16H23FN2O. The minimum absolute atomic E-state index is 0.0194. The number of carbonyl (C=O) groups is 1. The Balaban J connectivity index is 1.90. The number of hydrogen-bond donors (Lipinski definition) is 1. The van der Waals surface area contributed by atoms with E-state index in [1.165, 1.54) is 25.0 Å². The summed E-state index contributed by atoms with van der Waals surface area (Å²) in [6.07, 6.45) is 2.99.